The van der Waals surface area contributed by atoms with Gasteiger partial charge in [0.15, 0.2) is 0 Å². The first kappa shape index (κ1) is 44.9. The Morgan fingerprint density at radius 3 is 0.758 bits per heavy atom. The van der Waals surface area contributed by atoms with Crippen LogP contribution in [0.15, 0.2) is 0 Å². The summed E-state index contributed by atoms with van der Waals surface area (Å²) in [6.07, 6.45) is 25.2. The van der Waals surface area contributed by atoms with Crippen LogP contribution < -0.4 is 98.9 Å². The summed E-state index contributed by atoms with van der Waals surface area (Å²) < 4.78 is 0. The standard InChI is InChI=1S/C14H28O2.C12H24O2.3Na/c1-2-3-4-5-6-7-8-9-10-11-12-13-14(15)16;1-2-3-4-5-6-7-8-9-10-11-12(13)14;;;/h2-13H2,1H3,(H,15,16);2-11H2,1H3,(H,13,14);;;/q;;3*+1/p-2. The van der Waals surface area contributed by atoms with Gasteiger partial charge in [-0.25, -0.2) is 0 Å². The third-order valence-electron chi connectivity index (χ3n) is 5.47. The number of rotatable bonds is 22. The van der Waals surface area contributed by atoms with Crippen molar-refractivity contribution in [3.05, 3.63) is 0 Å². The van der Waals surface area contributed by atoms with E-state index in [1.807, 2.05) is 0 Å². The predicted molar refractivity (Wildman–Crippen MR) is 123 cm³/mol. The number of hydrogen-bond acceptors (Lipinski definition) is 4. The molecular weight excluding hydrogens is 445 g/mol. The number of carbonyl (C=O) groups is 2. The summed E-state index contributed by atoms with van der Waals surface area (Å²) in [6, 6.07) is 0. The predicted octanol–water partition coefficient (Wildman–Crippen LogP) is -2.89. The molecule has 0 amide bonds. The molecule has 4 nitrogen and oxygen atoms in total. The van der Waals surface area contributed by atoms with E-state index in [1.165, 1.54) is 103 Å². The van der Waals surface area contributed by atoms with Crippen LogP contribution in [0.25, 0.3) is 0 Å². The quantitative estimate of drug-likeness (QED) is 0.119. The normalized spacial score (nSPS) is 9.52. The summed E-state index contributed by atoms with van der Waals surface area (Å²) in [6.45, 7) is 4.46. The SMILES string of the molecule is CCCCCCCCCCCC(=O)[O-].CCCCCCCCCCCCCC(=O)[O-].[Na+].[Na+].[Na+]. The van der Waals surface area contributed by atoms with Crippen molar-refractivity contribution < 1.29 is 108 Å². The maximum absolute atomic E-state index is 10.1. The van der Waals surface area contributed by atoms with Gasteiger partial charge < -0.3 is 19.8 Å². The van der Waals surface area contributed by atoms with Crippen LogP contribution in [0, 0.1) is 0 Å². The molecule has 0 fully saturated rings. The van der Waals surface area contributed by atoms with Gasteiger partial charge in [-0.2, -0.15) is 0 Å². The molecule has 0 spiro atoms. The van der Waals surface area contributed by atoms with Crippen molar-refractivity contribution in [2.45, 2.75) is 155 Å². The summed E-state index contributed by atoms with van der Waals surface area (Å²) in [4.78, 5) is 20.2. The molecule has 0 aliphatic carbocycles. The van der Waals surface area contributed by atoms with E-state index in [0.29, 0.717) is 0 Å². The van der Waals surface area contributed by atoms with Crippen LogP contribution in [0.5, 0.6) is 0 Å². The summed E-state index contributed by atoms with van der Waals surface area (Å²) in [5, 5.41) is 20.2. The van der Waals surface area contributed by atoms with Crippen molar-refractivity contribution in [3.63, 3.8) is 0 Å². The molecule has 0 heterocycles. The van der Waals surface area contributed by atoms with E-state index in [1.54, 1.807) is 0 Å². The Morgan fingerprint density at radius 1 is 0.394 bits per heavy atom. The number of hydrogen-bond donors (Lipinski definition) is 0. The van der Waals surface area contributed by atoms with Gasteiger partial charge in [-0.1, -0.05) is 129 Å². The largest absolute Gasteiger partial charge is 1.00 e. The van der Waals surface area contributed by atoms with Crippen LogP contribution in [-0.2, 0) is 9.59 Å². The molecular formula is C26H50Na3O4+. The van der Waals surface area contributed by atoms with Crippen LogP contribution in [0.1, 0.15) is 155 Å². The molecule has 0 rings (SSSR count). The average Bonchev–Trinajstić information content (AvgIpc) is 2.71. The molecule has 0 aliphatic rings. The molecule has 180 valence electrons. The van der Waals surface area contributed by atoms with E-state index < -0.39 is 11.9 Å². The topological polar surface area (TPSA) is 80.3 Å². The Bertz CT molecular complexity index is 369. The van der Waals surface area contributed by atoms with Crippen molar-refractivity contribution in [3.8, 4) is 0 Å². The second kappa shape index (κ2) is 41.1. The molecule has 0 aliphatic heterocycles. The molecule has 0 radical (unpaired) electrons. The van der Waals surface area contributed by atoms with Gasteiger partial charge in [0.1, 0.15) is 0 Å². The Morgan fingerprint density at radius 2 is 0.576 bits per heavy atom. The fourth-order valence-electron chi connectivity index (χ4n) is 3.51. The molecule has 0 aromatic carbocycles. The second-order valence-electron chi connectivity index (χ2n) is 8.61. The van der Waals surface area contributed by atoms with Crippen LogP contribution >= 0.6 is 0 Å². The molecule has 0 N–H and O–H groups in total. The Balaban J connectivity index is -0.000000146. The summed E-state index contributed by atoms with van der Waals surface area (Å²) in [5.41, 5.74) is 0. The van der Waals surface area contributed by atoms with E-state index in [-0.39, 0.29) is 102 Å². The van der Waals surface area contributed by atoms with Crippen molar-refractivity contribution >= 4 is 11.9 Å². The minimum Gasteiger partial charge on any atom is -0.550 e. The fourth-order valence-corrected chi connectivity index (χ4v) is 3.51. The van der Waals surface area contributed by atoms with Gasteiger partial charge in [0.25, 0.3) is 0 Å². The van der Waals surface area contributed by atoms with Crippen molar-refractivity contribution in [1.29, 1.82) is 0 Å². The monoisotopic (exact) mass is 495 g/mol. The third-order valence-corrected chi connectivity index (χ3v) is 5.47. The van der Waals surface area contributed by atoms with E-state index in [4.69, 9.17) is 0 Å². The fraction of sp³-hybridized carbons (Fsp3) is 0.923. The summed E-state index contributed by atoms with van der Waals surface area (Å²) >= 11 is 0. The van der Waals surface area contributed by atoms with Crippen molar-refractivity contribution in [1.82, 2.24) is 0 Å². The first-order valence-electron chi connectivity index (χ1n) is 12.9. The van der Waals surface area contributed by atoms with Gasteiger partial charge in [-0.05, 0) is 25.7 Å². The first-order chi connectivity index (χ1) is 14.5. The first-order valence-corrected chi connectivity index (χ1v) is 12.9. The molecule has 0 saturated heterocycles. The second-order valence-corrected chi connectivity index (χ2v) is 8.61. The van der Waals surface area contributed by atoms with Crippen molar-refractivity contribution in [2.24, 2.45) is 0 Å². The zero-order valence-corrected chi connectivity index (χ0v) is 29.2. The maximum Gasteiger partial charge on any atom is 1.00 e. The molecule has 0 aromatic rings. The number of unbranched alkanes of at least 4 members (excludes halogenated alkanes) is 18. The van der Waals surface area contributed by atoms with Gasteiger partial charge in [0.2, 0.25) is 0 Å². The molecule has 0 atom stereocenters. The van der Waals surface area contributed by atoms with Crippen LogP contribution in [-0.4, -0.2) is 11.9 Å². The minimum atomic E-state index is -0.909. The third kappa shape index (κ3) is 51.5. The summed E-state index contributed by atoms with van der Waals surface area (Å²) in [7, 11) is 0. The number of carboxylic acids is 2. The average molecular weight is 496 g/mol. The Labute approximate surface area is 272 Å². The molecule has 7 heteroatoms. The van der Waals surface area contributed by atoms with Gasteiger partial charge in [0, 0.05) is 11.9 Å². The van der Waals surface area contributed by atoms with Gasteiger partial charge in [-0.15, -0.1) is 0 Å². The number of carbonyl (C=O) groups excluding carboxylic acids is 2. The van der Waals surface area contributed by atoms with E-state index in [0.717, 1.165) is 25.7 Å². The van der Waals surface area contributed by atoms with Crippen LogP contribution in [0.2, 0.25) is 0 Å². The van der Waals surface area contributed by atoms with Crippen LogP contribution in [0.3, 0.4) is 0 Å². The zero-order valence-electron chi connectivity index (χ0n) is 23.2. The molecule has 33 heavy (non-hydrogen) atoms. The number of aliphatic carboxylic acids is 2. The van der Waals surface area contributed by atoms with E-state index in [9.17, 15) is 19.8 Å². The molecule has 0 aromatic heterocycles. The van der Waals surface area contributed by atoms with Gasteiger partial charge in [-0.3, -0.25) is 0 Å². The van der Waals surface area contributed by atoms with Gasteiger partial charge >= 0.3 is 88.7 Å². The molecule has 0 saturated carbocycles. The maximum atomic E-state index is 10.1. The number of carboxylic acid groups (broad SMARTS) is 2. The van der Waals surface area contributed by atoms with E-state index in [2.05, 4.69) is 13.8 Å². The smallest absolute Gasteiger partial charge is 0.550 e. The Hall–Kier alpha value is 1.94. The summed E-state index contributed by atoms with van der Waals surface area (Å²) in [5.74, 6) is -1.82. The van der Waals surface area contributed by atoms with Crippen molar-refractivity contribution in [2.75, 3.05) is 0 Å². The molecule has 0 bridgehead atoms. The molecule has 0 unspecified atom stereocenters. The minimum absolute atomic E-state index is 0. The zero-order chi connectivity index (χ0) is 22.7. The van der Waals surface area contributed by atoms with Gasteiger partial charge in [0.05, 0.1) is 0 Å². The van der Waals surface area contributed by atoms with E-state index >= 15 is 0 Å². The Kier molecular flexibility index (Phi) is 55.9. The van der Waals surface area contributed by atoms with Crippen LogP contribution in [0.4, 0.5) is 0 Å².